The summed E-state index contributed by atoms with van der Waals surface area (Å²) in [6.07, 6.45) is 2.94. The molecule has 0 fully saturated rings. The van der Waals surface area contributed by atoms with Gasteiger partial charge in [0.15, 0.2) is 0 Å². The lowest BCUT2D eigenvalue weighted by Gasteiger charge is -2.13. The maximum Gasteiger partial charge on any atom is 0.339 e. The highest BCUT2D eigenvalue weighted by Gasteiger charge is 2.14. The van der Waals surface area contributed by atoms with Crippen LogP contribution in [0.2, 0.25) is 0 Å². The summed E-state index contributed by atoms with van der Waals surface area (Å²) in [7, 11) is 1.30. The van der Waals surface area contributed by atoms with Crippen molar-refractivity contribution in [2.75, 3.05) is 12.4 Å². The molecule has 6 heteroatoms. The van der Waals surface area contributed by atoms with Gasteiger partial charge in [-0.05, 0) is 48.7 Å². The number of amides is 1. The zero-order valence-electron chi connectivity index (χ0n) is 17.8. The Morgan fingerprint density at radius 2 is 1.71 bits per heavy atom. The number of carbonyl (C=O) groups is 2. The Hall–Kier alpha value is -3.67. The number of ether oxygens (including phenoxy) is 1. The van der Waals surface area contributed by atoms with Crippen LogP contribution >= 0.6 is 0 Å². The topological polar surface area (TPSA) is 77.4 Å². The van der Waals surface area contributed by atoms with E-state index in [9.17, 15) is 14.4 Å². The Labute approximate surface area is 181 Å². The van der Waals surface area contributed by atoms with Crippen molar-refractivity contribution in [2.45, 2.75) is 32.7 Å². The number of pyridine rings is 1. The fourth-order valence-corrected chi connectivity index (χ4v) is 3.34. The van der Waals surface area contributed by atoms with Crippen molar-refractivity contribution in [1.29, 1.82) is 0 Å². The second-order valence-electron chi connectivity index (χ2n) is 7.23. The molecule has 2 aromatic carbocycles. The Morgan fingerprint density at radius 1 is 0.968 bits per heavy atom. The van der Waals surface area contributed by atoms with E-state index in [-0.39, 0.29) is 17.0 Å². The van der Waals surface area contributed by atoms with Crippen molar-refractivity contribution >= 4 is 17.6 Å². The van der Waals surface area contributed by atoms with E-state index >= 15 is 0 Å². The van der Waals surface area contributed by atoms with Crippen LogP contribution in [-0.4, -0.2) is 23.6 Å². The molecule has 0 saturated heterocycles. The average molecular weight is 418 g/mol. The van der Waals surface area contributed by atoms with E-state index in [2.05, 4.69) is 12.2 Å². The SMILES string of the molecule is CCCCc1cccc(=O)n1Cc1ccc(C(=O)Nc2ccccc2C(=O)OC)cc1. The van der Waals surface area contributed by atoms with Gasteiger partial charge in [0.05, 0.1) is 24.9 Å². The Balaban J connectivity index is 1.75. The molecule has 31 heavy (non-hydrogen) atoms. The van der Waals surface area contributed by atoms with Gasteiger partial charge in [0.25, 0.3) is 11.5 Å². The molecule has 0 saturated carbocycles. The Bertz CT molecular complexity index is 1120. The van der Waals surface area contributed by atoms with Crippen LogP contribution in [0.1, 0.15) is 51.7 Å². The summed E-state index contributed by atoms with van der Waals surface area (Å²) in [5.41, 5.74) is 3.04. The molecule has 0 bridgehead atoms. The Kier molecular flexibility index (Phi) is 7.38. The van der Waals surface area contributed by atoms with Gasteiger partial charge in [-0.2, -0.15) is 0 Å². The summed E-state index contributed by atoms with van der Waals surface area (Å²) in [6, 6.07) is 19.1. The highest BCUT2D eigenvalue weighted by atomic mass is 16.5. The van der Waals surface area contributed by atoms with Crippen molar-refractivity contribution < 1.29 is 14.3 Å². The van der Waals surface area contributed by atoms with Crippen LogP contribution in [0, 0.1) is 0 Å². The molecular weight excluding hydrogens is 392 g/mol. The quantitative estimate of drug-likeness (QED) is 0.554. The smallest absolute Gasteiger partial charge is 0.339 e. The first-order chi connectivity index (χ1) is 15.0. The first-order valence-corrected chi connectivity index (χ1v) is 10.3. The van der Waals surface area contributed by atoms with E-state index in [1.54, 1.807) is 53.1 Å². The van der Waals surface area contributed by atoms with Crippen LogP contribution in [0.15, 0.2) is 71.5 Å². The van der Waals surface area contributed by atoms with Crippen molar-refractivity contribution in [3.05, 3.63) is 99.5 Å². The standard InChI is InChI=1S/C25H26N2O4/c1-3-4-8-20-9-7-12-23(28)27(20)17-18-13-15-19(16-14-18)24(29)26-22-11-6-5-10-21(22)25(30)31-2/h5-7,9-16H,3-4,8,17H2,1-2H3,(H,26,29). The third-order valence-corrected chi connectivity index (χ3v) is 5.06. The number of unbranched alkanes of at least 4 members (excludes halogenated alkanes) is 1. The Morgan fingerprint density at radius 3 is 2.42 bits per heavy atom. The number of para-hydroxylation sites is 1. The number of methoxy groups -OCH3 is 1. The predicted molar refractivity (Wildman–Crippen MR) is 121 cm³/mol. The number of nitrogens with one attached hydrogen (secondary N) is 1. The molecule has 1 N–H and O–H groups in total. The van der Waals surface area contributed by atoms with Gasteiger partial charge in [0, 0.05) is 17.3 Å². The fraction of sp³-hybridized carbons (Fsp3) is 0.240. The van der Waals surface area contributed by atoms with Gasteiger partial charge in [-0.3, -0.25) is 9.59 Å². The lowest BCUT2D eigenvalue weighted by atomic mass is 10.1. The number of aromatic nitrogens is 1. The van der Waals surface area contributed by atoms with Crippen LogP contribution < -0.4 is 10.9 Å². The number of carbonyl (C=O) groups excluding carboxylic acids is 2. The maximum absolute atomic E-state index is 12.7. The van der Waals surface area contributed by atoms with Gasteiger partial charge >= 0.3 is 5.97 Å². The fourth-order valence-electron chi connectivity index (χ4n) is 3.34. The number of benzene rings is 2. The van der Waals surface area contributed by atoms with E-state index in [0.29, 0.717) is 17.8 Å². The predicted octanol–water partition coefficient (Wildman–Crippen LogP) is 4.28. The lowest BCUT2D eigenvalue weighted by molar-refractivity contribution is 0.0602. The molecule has 3 rings (SSSR count). The van der Waals surface area contributed by atoms with E-state index < -0.39 is 5.97 Å². The van der Waals surface area contributed by atoms with Crippen LogP contribution in [-0.2, 0) is 17.7 Å². The molecule has 0 aliphatic heterocycles. The summed E-state index contributed by atoms with van der Waals surface area (Å²) in [4.78, 5) is 36.9. The van der Waals surface area contributed by atoms with Crippen LogP contribution in [0.4, 0.5) is 5.69 Å². The summed E-state index contributed by atoms with van der Waals surface area (Å²) >= 11 is 0. The molecule has 1 amide bonds. The van der Waals surface area contributed by atoms with E-state index in [1.165, 1.54) is 7.11 Å². The van der Waals surface area contributed by atoms with Crippen molar-refractivity contribution in [3.8, 4) is 0 Å². The molecule has 0 aliphatic carbocycles. The summed E-state index contributed by atoms with van der Waals surface area (Å²) in [5, 5.41) is 2.76. The number of hydrogen-bond donors (Lipinski definition) is 1. The minimum Gasteiger partial charge on any atom is -0.465 e. The first-order valence-electron chi connectivity index (χ1n) is 10.3. The van der Waals surface area contributed by atoms with E-state index in [4.69, 9.17) is 4.74 Å². The van der Waals surface area contributed by atoms with Crippen LogP contribution in [0.5, 0.6) is 0 Å². The van der Waals surface area contributed by atoms with Gasteiger partial charge in [-0.1, -0.05) is 43.7 Å². The van der Waals surface area contributed by atoms with Crippen molar-refractivity contribution in [3.63, 3.8) is 0 Å². The molecule has 1 heterocycles. The number of anilines is 1. The van der Waals surface area contributed by atoms with Crippen LogP contribution in [0.25, 0.3) is 0 Å². The molecule has 0 radical (unpaired) electrons. The molecule has 6 nitrogen and oxygen atoms in total. The molecule has 1 aromatic heterocycles. The van der Waals surface area contributed by atoms with Gasteiger partial charge in [-0.15, -0.1) is 0 Å². The van der Waals surface area contributed by atoms with Gasteiger partial charge < -0.3 is 14.6 Å². The largest absolute Gasteiger partial charge is 0.465 e. The average Bonchev–Trinajstić information content (AvgIpc) is 2.79. The van der Waals surface area contributed by atoms with Crippen molar-refractivity contribution in [2.24, 2.45) is 0 Å². The minimum absolute atomic E-state index is 0.0326. The number of rotatable bonds is 8. The molecule has 0 spiro atoms. The number of esters is 1. The molecule has 0 unspecified atom stereocenters. The third kappa shape index (κ3) is 5.48. The van der Waals surface area contributed by atoms with Gasteiger partial charge in [0.2, 0.25) is 0 Å². The number of hydrogen-bond acceptors (Lipinski definition) is 4. The highest BCUT2D eigenvalue weighted by Crippen LogP contribution is 2.18. The zero-order chi connectivity index (χ0) is 22.2. The molecule has 3 aromatic rings. The summed E-state index contributed by atoms with van der Waals surface area (Å²) < 4.78 is 6.54. The van der Waals surface area contributed by atoms with E-state index in [0.717, 1.165) is 30.5 Å². The lowest BCUT2D eigenvalue weighted by Crippen LogP contribution is -2.23. The molecule has 0 atom stereocenters. The third-order valence-electron chi connectivity index (χ3n) is 5.06. The molecular formula is C25H26N2O4. The second kappa shape index (κ2) is 10.4. The minimum atomic E-state index is -0.515. The van der Waals surface area contributed by atoms with E-state index in [1.807, 2.05) is 18.2 Å². The van der Waals surface area contributed by atoms with Crippen LogP contribution in [0.3, 0.4) is 0 Å². The van der Waals surface area contributed by atoms with Gasteiger partial charge in [0.1, 0.15) is 0 Å². The molecule has 160 valence electrons. The summed E-state index contributed by atoms with van der Waals surface area (Å²) in [6.45, 7) is 2.57. The zero-order valence-corrected chi connectivity index (χ0v) is 17.8. The monoisotopic (exact) mass is 418 g/mol. The first kappa shape index (κ1) is 22.0. The van der Waals surface area contributed by atoms with Crippen molar-refractivity contribution in [1.82, 2.24) is 4.57 Å². The normalized spacial score (nSPS) is 10.5. The number of aryl methyl sites for hydroxylation is 1. The highest BCUT2D eigenvalue weighted by molar-refractivity contribution is 6.08. The maximum atomic E-state index is 12.7. The summed E-state index contributed by atoms with van der Waals surface area (Å²) in [5.74, 6) is -0.846. The van der Waals surface area contributed by atoms with Gasteiger partial charge in [-0.25, -0.2) is 4.79 Å². The number of nitrogens with zero attached hydrogens (tertiary/aromatic N) is 1. The molecule has 0 aliphatic rings. The second-order valence-corrected chi connectivity index (χ2v) is 7.23.